The van der Waals surface area contributed by atoms with Gasteiger partial charge in [-0.3, -0.25) is 10.1 Å². The molecule has 0 saturated carbocycles. The molecule has 15 heavy (non-hydrogen) atoms. The van der Waals surface area contributed by atoms with Gasteiger partial charge in [-0.2, -0.15) is 0 Å². The van der Waals surface area contributed by atoms with E-state index in [0.29, 0.717) is 6.42 Å². The molecule has 2 unspecified atom stereocenters. The minimum atomic E-state index is -0.426. The predicted octanol–water partition coefficient (Wildman–Crippen LogP) is 2.47. The van der Waals surface area contributed by atoms with E-state index in [9.17, 15) is 15.2 Å². The zero-order chi connectivity index (χ0) is 11.4. The second-order valence-electron chi connectivity index (χ2n) is 3.61. The Morgan fingerprint density at radius 3 is 2.33 bits per heavy atom. The van der Waals surface area contributed by atoms with Gasteiger partial charge in [0, 0.05) is 18.1 Å². The minimum absolute atomic E-state index is 0.0100. The van der Waals surface area contributed by atoms with Crippen molar-refractivity contribution >= 4 is 5.69 Å². The lowest BCUT2D eigenvalue weighted by molar-refractivity contribution is -0.384. The fourth-order valence-electron chi connectivity index (χ4n) is 1.48. The highest BCUT2D eigenvalue weighted by Crippen LogP contribution is 2.23. The average molecular weight is 209 g/mol. The van der Waals surface area contributed by atoms with Crippen molar-refractivity contribution in [2.75, 3.05) is 0 Å². The summed E-state index contributed by atoms with van der Waals surface area (Å²) >= 11 is 0. The van der Waals surface area contributed by atoms with Crippen molar-refractivity contribution < 1.29 is 10.0 Å². The van der Waals surface area contributed by atoms with E-state index in [-0.39, 0.29) is 11.6 Å². The van der Waals surface area contributed by atoms with Crippen LogP contribution in [0, 0.1) is 10.1 Å². The zero-order valence-corrected chi connectivity index (χ0v) is 8.88. The number of aliphatic hydroxyl groups is 1. The molecule has 0 aromatic heterocycles. The quantitative estimate of drug-likeness (QED) is 0.612. The second-order valence-corrected chi connectivity index (χ2v) is 3.61. The van der Waals surface area contributed by atoms with E-state index in [1.165, 1.54) is 12.1 Å². The number of aliphatic hydroxyl groups excluding tert-OH is 1. The fourth-order valence-corrected chi connectivity index (χ4v) is 1.48. The summed E-state index contributed by atoms with van der Waals surface area (Å²) in [5.41, 5.74) is 1.01. The van der Waals surface area contributed by atoms with Crippen molar-refractivity contribution in [1.82, 2.24) is 0 Å². The molecule has 0 saturated heterocycles. The van der Waals surface area contributed by atoms with Crippen LogP contribution in [0.15, 0.2) is 24.3 Å². The summed E-state index contributed by atoms with van der Waals surface area (Å²) in [4.78, 5) is 10.0. The Kier molecular flexibility index (Phi) is 3.80. The predicted molar refractivity (Wildman–Crippen MR) is 57.8 cm³/mol. The number of hydrogen-bond acceptors (Lipinski definition) is 3. The average Bonchev–Trinajstić information content (AvgIpc) is 2.27. The van der Waals surface area contributed by atoms with Crippen LogP contribution in [0.4, 0.5) is 5.69 Å². The van der Waals surface area contributed by atoms with E-state index in [2.05, 4.69) is 0 Å². The number of nitro benzene ring substituents is 1. The number of nitro groups is 1. The maximum absolute atomic E-state index is 10.4. The Labute approximate surface area is 88.7 Å². The molecule has 2 atom stereocenters. The van der Waals surface area contributed by atoms with Crippen LogP contribution in [0.5, 0.6) is 0 Å². The molecule has 1 aromatic rings. The highest BCUT2D eigenvalue weighted by atomic mass is 16.6. The van der Waals surface area contributed by atoms with Gasteiger partial charge in [-0.1, -0.05) is 26.0 Å². The van der Waals surface area contributed by atoms with Crippen LogP contribution >= 0.6 is 0 Å². The van der Waals surface area contributed by atoms with Gasteiger partial charge < -0.3 is 5.11 Å². The Hall–Kier alpha value is -1.42. The Morgan fingerprint density at radius 1 is 1.40 bits per heavy atom. The molecule has 0 radical (unpaired) electrons. The third-order valence-corrected chi connectivity index (χ3v) is 2.63. The SMILES string of the molecule is CCC(O)C(C)c1ccc([N+](=O)[O-])cc1. The fraction of sp³-hybridized carbons (Fsp3) is 0.455. The summed E-state index contributed by atoms with van der Waals surface area (Å²) in [6, 6.07) is 6.33. The van der Waals surface area contributed by atoms with Gasteiger partial charge in [0.1, 0.15) is 0 Å². The summed E-state index contributed by atoms with van der Waals surface area (Å²) in [5, 5.41) is 20.1. The van der Waals surface area contributed by atoms with Crippen molar-refractivity contribution in [3.63, 3.8) is 0 Å². The summed E-state index contributed by atoms with van der Waals surface area (Å²) in [6.07, 6.45) is 0.282. The van der Waals surface area contributed by atoms with Gasteiger partial charge in [-0.05, 0) is 12.0 Å². The number of nitrogens with zero attached hydrogens (tertiary/aromatic N) is 1. The van der Waals surface area contributed by atoms with E-state index in [0.717, 1.165) is 5.56 Å². The van der Waals surface area contributed by atoms with Crippen molar-refractivity contribution in [2.45, 2.75) is 32.3 Å². The van der Waals surface area contributed by atoms with E-state index in [1.807, 2.05) is 13.8 Å². The molecule has 0 aliphatic carbocycles. The van der Waals surface area contributed by atoms with Gasteiger partial charge in [-0.15, -0.1) is 0 Å². The van der Waals surface area contributed by atoms with Crippen LogP contribution in [0.3, 0.4) is 0 Å². The van der Waals surface area contributed by atoms with Crippen LogP contribution < -0.4 is 0 Å². The molecule has 0 spiro atoms. The summed E-state index contributed by atoms with van der Waals surface area (Å²) in [6.45, 7) is 3.82. The maximum Gasteiger partial charge on any atom is 0.269 e. The number of hydrogen-bond donors (Lipinski definition) is 1. The Morgan fingerprint density at radius 2 is 1.93 bits per heavy atom. The minimum Gasteiger partial charge on any atom is -0.393 e. The highest BCUT2D eigenvalue weighted by molar-refractivity contribution is 5.34. The Bertz CT molecular complexity index is 334. The molecule has 0 aliphatic rings. The molecular formula is C11H15NO3. The second kappa shape index (κ2) is 4.89. The summed E-state index contributed by atoms with van der Waals surface area (Å²) in [7, 11) is 0. The lowest BCUT2D eigenvalue weighted by Crippen LogP contribution is -2.14. The van der Waals surface area contributed by atoms with Crippen LogP contribution in [-0.4, -0.2) is 16.1 Å². The lowest BCUT2D eigenvalue weighted by Gasteiger charge is -2.17. The van der Waals surface area contributed by atoms with Gasteiger partial charge in [0.05, 0.1) is 11.0 Å². The van der Waals surface area contributed by atoms with E-state index in [1.54, 1.807) is 12.1 Å². The lowest BCUT2D eigenvalue weighted by atomic mass is 9.94. The molecule has 1 aromatic carbocycles. The third-order valence-electron chi connectivity index (χ3n) is 2.63. The van der Waals surface area contributed by atoms with E-state index >= 15 is 0 Å². The molecule has 4 heteroatoms. The van der Waals surface area contributed by atoms with Crippen molar-refractivity contribution in [1.29, 1.82) is 0 Å². The van der Waals surface area contributed by atoms with Gasteiger partial charge in [-0.25, -0.2) is 0 Å². The Balaban J connectivity index is 2.84. The van der Waals surface area contributed by atoms with Gasteiger partial charge in [0.25, 0.3) is 5.69 Å². The van der Waals surface area contributed by atoms with E-state index in [4.69, 9.17) is 0 Å². The number of benzene rings is 1. The first-order chi connectivity index (χ1) is 7.06. The standard InChI is InChI=1S/C11H15NO3/c1-3-11(13)8(2)9-4-6-10(7-5-9)12(14)15/h4-8,11,13H,3H2,1-2H3. The molecule has 0 heterocycles. The van der Waals surface area contributed by atoms with Crippen LogP contribution in [-0.2, 0) is 0 Å². The largest absolute Gasteiger partial charge is 0.393 e. The van der Waals surface area contributed by atoms with Crippen molar-refractivity contribution in [3.05, 3.63) is 39.9 Å². The third kappa shape index (κ3) is 2.76. The van der Waals surface area contributed by atoms with Gasteiger partial charge >= 0.3 is 0 Å². The van der Waals surface area contributed by atoms with Crippen molar-refractivity contribution in [2.24, 2.45) is 0 Å². The summed E-state index contributed by atoms with van der Waals surface area (Å²) < 4.78 is 0. The van der Waals surface area contributed by atoms with Crippen LogP contribution in [0.1, 0.15) is 31.7 Å². The molecule has 0 bridgehead atoms. The molecular weight excluding hydrogens is 194 g/mol. The van der Waals surface area contributed by atoms with E-state index < -0.39 is 11.0 Å². The summed E-state index contributed by atoms with van der Waals surface area (Å²) in [5.74, 6) is 0.0100. The molecule has 0 aliphatic heterocycles. The first-order valence-electron chi connectivity index (χ1n) is 4.98. The van der Waals surface area contributed by atoms with Gasteiger partial charge in [0.2, 0.25) is 0 Å². The number of rotatable bonds is 4. The first-order valence-corrected chi connectivity index (χ1v) is 4.98. The molecule has 4 nitrogen and oxygen atoms in total. The van der Waals surface area contributed by atoms with Gasteiger partial charge in [0.15, 0.2) is 0 Å². The molecule has 0 fully saturated rings. The van der Waals surface area contributed by atoms with Crippen molar-refractivity contribution in [3.8, 4) is 0 Å². The smallest absolute Gasteiger partial charge is 0.269 e. The topological polar surface area (TPSA) is 63.4 Å². The molecule has 1 N–H and O–H groups in total. The number of non-ortho nitro benzene ring substituents is 1. The van der Waals surface area contributed by atoms with Crippen LogP contribution in [0.2, 0.25) is 0 Å². The normalized spacial score (nSPS) is 14.6. The maximum atomic E-state index is 10.4. The zero-order valence-electron chi connectivity index (χ0n) is 8.88. The molecule has 0 amide bonds. The molecule has 82 valence electrons. The first kappa shape index (κ1) is 11.7. The monoisotopic (exact) mass is 209 g/mol. The van der Waals surface area contributed by atoms with Crippen LogP contribution in [0.25, 0.3) is 0 Å². The molecule has 1 rings (SSSR count). The highest BCUT2D eigenvalue weighted by Gasteiger charge is 2.15.